The normalized spacial score (nSPS) is 12.6. The highest BCUT2D eigenvalue weighted by Gasteiger charge is 2.12. The van der Waals surface area contributed by atoms with Crippen molar-refractivity contribution in [2.75, 3.05) is 20.2 Å². The van der Waals surface area contributed by atoms with E-state index in [1.807, 2.05) is 19.9 Å². The second-order valence-electron chi connectivity index (χ2n) is 4.62. The van der Waals surface area contributed by atoms with Gasteiger partial charge in [-0.15, -0.1) is 0 Å². The predicted molar refractivity (Wildman–Crippen MR) is 75.7 cm³/mol. The number of aliphatic hydroxyl groups excluding tert-OH is 1. The van der Waals surface area contributed by atoms with Crippen molar-refractivity contribution in [1.29, 1.82) is 0 Å². The molecule has 0 heterocycles. The first kappa shape index (κ1) is 15.3. The Morgan fingerprint density at radius 2 is 2.11 bits per heavy atom. The summed E-state index contributed by atoms with van der Waals surface area (Å²) in [5.74, 6) is 0.883. The standard InChI is InChI=1S/C14H22ClNO2/c1-9-7-13(18-4)12(11(3)14(9)15)5-6-16-8-10(2)17/h7,10,16-17H,5-6,8H2,1-4H3. The summed E-state index contributed by atoms with van der Waals surface area (Å²) in [7, 11) is 1.68. The van der Waals surface area contributed by atoms with Crippen molar-refractivity contribution >= 4 is 11.6 Å². The maximum Gasteiger partial charge on any atom is 0.122 e. The Kier molecular flexibility index (Phi) is 5.93. The van der Waals surface area contributed by atoms with E-state index >= 15 is 0 Å². The number of halogens is 1. The lowest BCUT2D eigenvalue weighted by atomic mass is 10.0. The van der Waals surface area contributed by atoms with Crippen LogP contribution in [0, 0.1) is 13.8 Å². The number of methoxy groups -OCH3 is 1. The maximum atomic E-state index is 9.18. The van der Waals surface area contributed by atoms with Crippen LogP contribution in [0.2, 0.25) is 5.02 Å². The van der Waals surface area contributed by atoms with Crippen molar-refractivity contribution in [3.8, 4) is 5.75 Å². The smallest absolute Gasteiger partial charge is 0.122 e. The number of hydrogen-bond donors (Lipinski definition) is 2. The van der Waals surface area contributed by atoms with Gasteiger partial charge in [-0.25, -0.2) is 0 Å². The molecule has 0 aliphatic carbocycles. The number of aryl methyl sites for hydroxylation is 1. The van der Waals surface area contributed by atoms with Gasteiger partial charge in [-0.05, 0) is 56.5 Å². The minimum absolute atomic E-state index is 0.324. The summed E-state index contributed by atoms with van der Waals surface area (Å²) < 4.78 is 5.40. The van der Waals surface area contributed by atoms with Crippen molar-refractivity contribution in [3.63, 3.8) is 0 Å². The SMILES string of the molecule is COc1cc(C)c(Cl)c(C)c1CCNCC(C)O. The molecule has 1 rings (SSSR count). The molecule has 18 heavy (non-hydrogen) atoms. The fourth-order valence-electron chi connectivity index (χ4n) is 1.98. The van der Waals surface area contributed by atoms with Gasteiger partial charge in [0.1, 0.15) is 5.75 Å². The highest BCUT2D eigenvalue weighted by Crippen LogP contribution is 2.31. The van der Waals surface area contributed by atoms with Gasteiger partial charge in [-0.3, -0.25) is 0 Å². The Morgan fingerprint density at radius 1 is 1.44 bits per heavy atom. The summed E-state index contributed by atoms with van der Waals surface area (Å²) in [6, 6.07) is 1.97. The average molecular weight is 272 g/mol. The third kappa shape index (κ3) is 3.87. The zero-order valence-electron chi connectivity index (χ0n) is 11.5. The van der Waals surface area contributed by atoms with Crippen LogP contribution in [-0.4, -0.2) is 31.4 Å². The molecule has 0 radical (unpaired) electrons. The van der Waals surface area contributed by atoms with E-state index in [9.17, 15) is 5.11 Å². The summed E-state index contributed by atoms with van der Waals surface area (Å²) in [6.07, 6.45) is 0.511. The molecule has 3 nitrogen and oxygen atoms in total. The first-order chi connectivity index (χ1) is 8.47. The highest BCUT2D eigenvalue weighted by molar-refractivity contribution is 6.32. The number of aliphatic hydroxyl groups is 1. The van der Waals surface area contributed by atoms with Crippen LogP contribution in [0.5, 0.6) is 5.75 Å². The third-order valence-electron chi connectivity index (χ3n) is 2.98. The largest absolute Gasteiger partial charge is 0.496 e. The van der Waals surface area contributed by atoms with Crippen LogP contribution in [-0.2, 0) is 6.42 Å². The van der Waals surface area contributed by atoms with Gasteiger partial charge < -0.3 is 15.2 Å². The average Bonchev–Trinajstić information content (AvgIpc) is 2.33. The zero-order chi connectivity index (χ0) is 13.7. The van der Waals surface area contributed by atoms with E-state index in [1.54, 1.807) is 14.0 Å². The molecule has 4 heteroatoms. The topological polar surface area (TPSA) is 41.5 Å². The molecule has 102 valence electrons. The zero-order valence-corrected chi connectivity index (χ0v) is 12.3. The van der Waals surface area contributed by atoms with E-state index in [0.717, 1.165) is 40.4 Å². The Balaban J connectivity index is 2.77. The summed E-state index contributed by atoms with van der Waals surface area (Å²) >= 11 is 6.26. The van der Waals surface area contributed by atoms with Crippen molar-refractivity contribution in [1.82, 2.24) is 5.32 Å². The Labute approximate surface area is 114 Å². The minimum atomic E-state index is -0.324. The molecule has 1 aromatic rings. The molecule has 1 unspecified atom stereocenters. The molecule has 0 aliphatic rings. The monoisotopic (exact) mass is 271 g/mol. The van der Waals surface area contributed by atoms with Gasteiger partial charge in [0.05, 0.1) is 13.2 Å². The molecular formula is C14H22ClNO2. The Morgan fingerprint density at radius 3 is 2.67 bits per heavy atom. The second kappa shape index (κ2) is 6.98. The lowest BCUT2D eigenvalue weighted by Gasteiger charge is -2.15. The van der Waals surface area contributed by atoms with Gasteiger partial charge in [0, 0.05) is 11.6 Å². The Bertz CT molecular complexity index is 405. The Hall–Kier alpha value is -0.770. The van der Waals surface area contributed by atoms with E-state index in [0.29, 0.717) is 6.54 Å². The number of rotatable bonds is 6. The van der Waals surface area contributed by atoms with Crippen molar-refractivity contribution in [2.45, 2.75) is 33.3 Å². The number of hydrogen-bond acceptors (Lipinski definition) is 3. The van der Waals surface area contributed by atoms with E-state index in [-0.39, 0.29) is 6.10 Å². The quantitative estimate of drug-likeness (QED) is 0.781. The van der Waals surface area contributed by atoms with E-state index in [4.69, 9.17) is 16.3 Å². The van der Waals surface area contributed by atoms with Crippen LogP contribution < -0.4 is 10.1 Å². The molecule has 0 saturated heterocycles. The van der Waals surface area contributed by atoms with Crippen LogP contribution >= 0.6 is 11.6 Å². The molecule has 0 aliphatic heterocycles. The third-order valence-corrected chi connectivity index (χ3v) is 3.57. The fourth-order valence-corrected chi connectivity index (χ4v) is 2.15. The molecule has 0 spiro atoms. The molecule has 0 amide bonds. The number of ether oxygens (including phenoxy) is 1. The summed E-state index contributed by atoms with van der Waals surface area (Å²) in [5.41, 5.74) is 3.24. The van der Waals surface area contributed by atoms with E-state index in [1.165, 1.54) is 0 Å². The first-order valence-corrected chi connectivity index (χ1v) is 6.56. The lowest BCUT2D eigenvalue weighted by Crippen LogP contribution is -2.26. The van der Waals surface area contributed by atoms with E-state index in [2.05, 4.69) is 5.32 Å². The van der Waals surface area contributed by atoms with Crippen molar-refractivity contribution in [2.24, 2.45) is 0 Å². The van der Waals surface area contributed by atoms with Gasteiger partial charge in [0.15, 0.2) is 0 Å². The highest BCUT2D eigenvalue weighted by atomic mass is 35.5. The first-order valence-electron chi connectivity index (χ1n) is 6.18. The van der Waals surface area contributed by atoms with Crippen LogP contribution in [0.15, 0.2) is 6.07 Å². The van der Waals surface area contributed by atoms with Crippen molar-refractivity contribution < 1.29 is 9.84 Å². The summed E-state index contributed by atoms with van der Waals surface area (Å²) in [4.78, 5) is 0. The van der Waals surface area contributed by atoms with Crippen molar-refractivity contribution in [3.05, 3.63) is 27.8 Å². The summed E-state index contributed by atoms with van der Waals surface area (Å²) in [6.45, 7) is 7.15. The van der Waals surface area contributed by atoms with Gasteiger partial charge >= 0.3 is 0 Å². The van der Waals surface area contributed by atoms with Gasteiger partial charge in [0.2, 0.25) is 0 Å². The van der Waals surface area contributed by atoms with E-state index < -0.39 is 0 Å². The maximum absolute atomic E-state index is 9.18. The predicted octanol–water partition coefficient (Wildman–Crippen LogP) is 2.48. The molecule has 0 saturated carbocycles. The molecule has 0 bridgehead atoms. The summed E-state index contributed by atoms with van der Waals surface area (Å²) in [5, 5.41) is 13.2. The van der Waals surface area contributed by atoms with Crippen LogP contribution in [0.25, 0.3) is 0 Å². The minimum Gasteiger partial charge on any atom is -0.496 e. The number of benzene rings is 1. The van der Waals surface area contributed by atoms with Crippen LogP contribution in [0.1, 0.15) is 23.6 Å². The molecule has 0 aromatic heterocycles. The molecule has 2 N–H and O–H groups in total. The van der Waals surface area contributed by atoms with Gasteiger partial charge in [-0.1, -0.05) is 11.6 Å². The molecule has 1 aromatic carbocycles. The van der Waals surface area contributed by atoms with Crippen LogP contribution in [0.4, 0.5) is 0 Å². The molecule has 1 atom stereocenters. The van der Waals surface area contributed by atoms with Crippen LogP contribution in [0.3, 0.4) is 0 Å². The van der Waals surface area contributed by atoms with Gasteiger partial charge in [0.25, 0.3) is 0 Å². The second-order valence-corrected chi connectivity index (χ2v) is 4.99. The van der Waals surface area contributed by atoms with Gasteiger partial charge in [-0.2, -0.15) is 0 Å². The molecule has 0 fully saturated rings. The fraction of sp³-hybridized carbons (Fsp3) is 0.571. The number of nitrogens with one attached hydrogen (secondary N) is 1. The lowest BCUT2D eigenvalue weighted by molar-refractivity contribution is 0.191. The molecular weight excluding hydrogens is 250 g/mol.